The zero-order valence-electron chi connectivity index (χ0n) is 23.5. The second kappa shape index (κ2) is 14.3. The Bertz CT molecular complexity index is 1410. The molecule has 0 radical (unpaired) electrons. The normalized spacial score (nSPS) is 13.8. The van der Waals surface area contributed by atoms with Crippen LogP contribution >= 0.6 is 0 Å². The fourth-order valence-corrected chi connectivity index (χ4v) is 4.40. The van der Waals surface area contributed by atoms with Crippen LogP contribution in [0.1, 0.15) is 5.56 Å². The number of hydrogen-bond donors (Lipinski definition) is 4. The molecular formula is C29H34F2N8O3. The Labute approximate surface area is 243 Å². The van der Waals surface area contributed by atoms with Crippen molar-refractivity contribution < 1.29 is 23.0 Å². The van der Waals surface area contributed by atoms with Crippen molar-refractivity contribution in [1.82, 2.24) is 19.8 Å². The van der Waals surface area contributed by atoms with Gasteiger partial charge in [0.05, 0.1) is 17.1 Å². The summed E-state index contributed by atoms with van der Waals surface area (Å²) < 4.78 is 37.7. The number of aromatic nitrogens is 2. The molecule has 4 rings (SSSR count). The number of ether oxygens (including phenoxy) is 2. The van der Waals surface area contributed by atoms with Gasteiger partial charge in [0.2, 0.25) is 5.91 Å². The molecule has 2 aromatic carbocycles. The van der Waals surface area contributed by atoms with Crippen LogP contribution in [0.5, 0.6) is 11.5 Å². The molecule has 0 bridgehead atoms. The van der Waals surface area contributed by atoms with E-state index in [-0.39, 0.29) is 35.3 Å². The third-order valence-electron chi connectivity index (χ3n) is 6.70. The van der Waals surface area contributed by atoms with Crippen molar-refractivity contribution in [2.24, 2.45) is 0 Å². The SMILES string of the molecule is C=CC(=O)Nc1cc(Nc2cc(-c3ccc(NC)c(C=N)c3)ncn2)c(OC(F)F)cc1OCCN1CCN(C)CC1. The molecule has 4 N–H and O–H groups in total. The van der Waals surface area contributed by atoms with Crippen LogP contribution in [0, 0.1) is 5.41 Å². The number of piperazine rings is 1. The Morgan fingerprint density at radius 2 is 1.88 bits per heavy atom. The van der Waals surface area contributed by atoms with Crippen molar-refractivity contribution in [3.63, 3.8) is 0 Å². The molecule has 1 amide bonds. The highest BCUT2D eigenvalue weighted by atomic mass is 19.3. The number of likely N-dealkylation sites (N-methyl/N-ethyl adjacent to an activating group) is 1. The highest BCUT2D eigenvalue weighted by molar-refractivity contribution is 6.00. The van der Waals surface area contributed by atoms with Gasteiger partial charge >= 0.3 is 6.61 Å². The molecule has 1 aliphatic rings. The van der Waals surface area contributed by atoms with E-state index in [0.717, 1.165) is 43.5 Å². The number of nitrogens with one attached hydrogen (secondary N) is 4. The molecule has 3 aromatic rings. The average Bonchev–Trinajstić information content (AvgIpc) is 2.99. The zero-order valence-corrected chi connectivity index (χ0v) is 23.5. The van der Waals surface area contributed by atoms with E-state index in [1.54, 1.807) is 19.2 Å². The smallest absolute Gasteiger partial charge is 0.387 e. The molecule has 13 heteroatoms. The van der Waals surface area contributed by atoms with Crippen LogP contribution in [0.3, 0.4) is 0 Å². The van der Waals surface area contributed by atoms with E-state index in [2.05, 4.69) is 49.3 Å². The molecule has 0 aliphatic carbocycles. The lowest BCUT2D eigenvalue weighted by atomic mass is 10.1. The van der Waals surface area contributed by atoms with E-state index in [0.29, 0.717) is 17.8 Å². The maximum absolute atomic E-state index is 13.4. The molecule has 222 valence electrons. The maximum Gasteiger partial charge on any atom is 0.387 e. The molecule has 1 saturated heterocycles. The van der Waals surface area contributed by atoms with Gasteiger partial charge in [-0.1, -0.05) is 12.6 Å². The number of benzene rings is 2. The molecule has 11 nitrogen and oxygen atoms in total. The maximum atomic E-state index is 13.4. The van der Waals surface area contributed by atoms with Crippen LogP contribution in [-0.2, 0) is 4.79 Å². The highest BCUT2D eigenvalue weighted by Crippen LogP contribution is 2.39. The highest BCUT2D eigenvalue weighted by Gasteiger charge is 2.19. The van der Waals surface area contributed by atoms with Gasteiger partial charge in [0.15, 0.2) is 5.75 Å². The van der Waals surface area contributed by atoms with Gasteiger partial charge < -0.3 is 35.7 Å². The quantitative estimate of drug-likeness (QED) is 0.173. The van der Waals surface area contributed by atoms with Gasteiger partial charge in [0, 0.05) is 74.9 Å². The second-order valence-corrected chi connectivity index (χ2v) is 9.52. The van der Waals surface area contributed by atoms with E-state index < -0.39 is 12.5 Å². The number of anilines is 4. The third kappa shape index (κ3) is 7.98. The minimum atomic E-state index is -3.11. The first-order valence-corrected chi connectivity index (χ1v) is 13.3. The summed E-state index contributed by atoms with van der Waals surface area (Å²) in [6.45, 7) is 4.97. The Balaban J connectivity index is 1.61. The molecule has 0 atom stereocenters. The van der Waals surface area contributed by atoms with Crippen LogP contribution < -0.4 is 25.4 Å². The van der Waals surface area contributed by atoms with Gasteiger partial charge in [-0.3, -0.25) is 9.69 Å². The van der Waals surface area contributed by atoms with Crippen LogP contribution in [0.15, 0.2) is 55.4 Å². The Kier molecular flexibility index (Phi) is 10.3. The van der Waals surface area contributed by atoms with Crippen molar-refractivity contribution in [3.05, 3.63) is 60.9 Å². The number of amides is 1. The molecule has 42 heavy (non-hydrogen) atoms. The number of hydrogen-bond acceptors (Lipinski definition) is 10. The first-order valence-electron chi connectivity index (χ1n) is 13.3. The van der Waals surface area contributed by atoms with Gasteiger partial charge in [0.25, 0.3) is 0 Å². The molecule has 0 unspecified atom stereocenters. The lowest BCUT2D eigenvalue weighted by molar-refractivity contribution is -0.111. The summed E-state index contributed by atoms with van der Waals surface area (Å²) in [5.41, 5.74) is 3.09. The molecule has 1 aromatic heterocycles. The minimum absolute atomic E-state index is 0.122. The molecular weight excluding hydrogens is 546 g/mol. The summed E-state index contributed by atoms with van der Waals surface area (Å²) in [4.78, 5) is 25.2. The van der Waals surface area contributed by atoms with E-state index in [9.17, 15) is 13.6 Å². The first kappa shape index (κ1) is 30.3. The van der Waals surface area contributed by atoms with Crippen molar-refractivity contribution >= 4 is 35.0 Å². The molecule has 1 aliphatic heterocycles. The minimum Gasteiger partial charge on any atom is -0.490 e. The van der Waals surface area contributed by atoms with Crippen LogP contribution in [-0.4, -0.2) is 91.9 Å². The van der Waals surface area contributed by atoms with Gasteiger partial charge in [-0.25, -0.2) is 9.97 Å². The summed E-state index contributed by atoms with van der Waals surface area (Å²) in [5, 5.41) is 16.4. The monoisotopic (exact) mass is 580 g/mol. The number of halogens is 2. The van der Waals surface area contributed by atoms with Crippen molar-refractivity contribution in [3.8, 4) is 22.8 Å². The topological polar surface area (TPSA) is 128 Å². The van der Waals surface area contributed by atoms with Gasteiger partial charge in [-0.15, -0.1) is 0 Å². The van der Waals surface area contributed by atoms with E-state index >= 15 is 0 Å². The van der Waals surface area contributed by atoms with Gasteiger partial charge in [0.1, 0.15) is 24.5 Å². The number of rotatable bonds is 13. The summed E-state index contributed by atoms with van der Waals surface area (Å²) >= 11 is 0. The van der Waals surface area contributed by atoms with Crippen LogP contribution in [0.25, 0.3) is 11.3 Å². The molecule has 2 heterocycles. The lowest BCUT2D eigenvalue weighted by Gasteiger charge is -2.32. The van der Waals surface area contributed by atoms with E-state index in [4.69, 9.17) is 14.9 Å². The number of carbonyl (C=O) groups excluding carboxylic acids is 1. The molecule has 0 spiro atoms. The second-order valence-electron chi connectivity index (χ2n) is 9.52. The Morgan fingerprint density at radius 1 is 1.10 bits per heavy atom. The summed E-state index contributed by atoms with van der Waals surface area (Å²) in [7, 11) is 3.84. The fourth-order valence-electron chi connectivity index (χ4n) is 4.40. The number of carbonyl (C=O) groups is 1. The van der Waals surface area contributed by atoms with Gasteiger partial charge in [-0.2, -0.15) is 8.78 Å². The van der Waals surface area contributed by atoms with Gasteiger partial charge in [-0.05, 0) is 31.3 Å². The van der Waals surface area contributed by atoms with E-state index in [1.807, 2.05) is 12.1 Å². The first-order chi connectivity index (χ1) is 20.3. The number of alkyl halides is 2. The van der Waals surface area contributed by atoms with Crippen molar-refractivity contribution in [2.75, 3.05) is 69.4 Å². The summed E-state index contributed by atoms with van der Waals surface area (Å²) in [6.07, 6.45) is 3.67. The van der Waals surface area contributed by atoms with Crippen LogP contribution in [0.2, 0.25) is 0 Å². The predicted octanol–water partition coefficient (Wildman–Crippen LogP) is 4.28. The predicted molar refractivity (Wildman–Crippen MR) is 160 cm³/mol. The largest absolute Gasteiger partial charge is 0.490 e. The van der Waals surface area contributed by atoms with Crippen molar-refractivity contribution in [1.29, 1.82) is 5.41 Å². The van der Waals surface area contributed by atoms with E-state index in [1.165, 1.54) is 24.7 Å². The average molecular weight is 581 g/mol. The number of nitrogens with zero attached hydrogens (tertiary/aromatic N) is 4. The molecule has 1 fully saturated rings. The zero-order chi connectivity index (χ0) is 30.1. The summed E-state index contributed by atoms with van der Waals surface area (Å²) in [6, 6.07) is 9.86. The summed E-state index contributed by atoms with van der Waals surface area (Å²) in [5.74, 6) is -0.227. The third-order valence-corrected chi connectivity index (χ3v) is 6.70. The molecule has 0 saturated carbocycles. The van der Waals surface area contributed by atoms with Crippen molar-refractivity contribution in [2.45, 2.75) is 6.61 Å². The fraction of sp³-hybridized carbons (Fsp3) is 0.310. The Hall–Kier alpha value is -4.62. The van der Waals surface area contributed by atoms with Crippen LogP contribution in [0.4, 0.5) is 31.7 Å². The Morgan fingerprint density at radius 3 is 2.57 bits per heavy atom. The standard InChI is InChI=1S/C29H34F2N8O3/c1-4-28(40)37-23-14-24(26(42-29(30)31)16-25(23)41-12-11-39-9-7-38(3)8-10-39)36-27-15-22(34-18-35-27)19-5-6-21(33-2)20(13-19)17-32/h4-6,13-18,29,32-33H,1,7-12H2,2-3H3,(H,37,40)(H,34,35,36). The lowest BCUT2D eigenvalue weighted by Crippen LogP contribution is -2.45.